The zero-order valence-corrected chi connectivity index (χ0v) is 10.6. The van der Waals surface area contributed by atoms with Crippen LogP contribution >= 0.6 is 0 Å². The van der Waals surface area contributed by atoms with Crippen molar-refractivity contribution in [1.82, 2.24) is 0 Å². The third-order valence-electron chi connectivity index (χ3n) is 2.62. The number of benzene rings is 2. The van der Waals surface area contributed by atoms with E-state index in [0.717, 1.165) is 6.07 Å². The van der Waals surface area contributed by atoms with Crippen LogP contribution in [0.1, 0.15) is 16.7 Å². The number of nitrogens with zero attached hydrogens (tertiary/aromatic N) is 1. The molecule has 2 aromatic rings. The van der Waals surface area contributed by atoms with Crippen molar-refractivity contribution in [3.8, 4) is 29.4 Å². The van der Waals surface area contributed by atoms with Crippen molar-refractivity contribution in [2.45, 2.75) is 0 Å². The van der Waals surface area contributed by atoms with Gasteiger partial charge in [0.2, 0.25) is 0 Å². The average molecular weight is 267 g/mol. The van der Waals surface area contributed by atoms with Crippen LogP contribution < -0.4 is 4.74 Å². The maximum absolute atomic E-state index is 13.7. The van der Waals surface area contributed by atoms with Crippen molar-refractivity contribution in [2.75, 3.05) is 7.11 Å². The van der Waals surface area contributed by atoms with E-state index in [-0.39, 0.29) is 16.9 Å². The van der Waals surface area contributed by atoms with Gasteiger partial charge >= 0.3 is 0 Å². The molecule has 98 valence electrons. The second-order valence-electron chi connectivity index (χ2n) is 3.94. The van der Waals surface area contributed by atoms with Crippen molar-refractivity contribution in [2.24, 2.45) is 0 Å². The lowest BCUT2D eigenvalue weighted by Crippen LogP contribution is -1.88. The number of ether oxygens (including phenoxy) is 1. The van der Waals surface area contributed by atoms with E-state index in [1.165, 1.54) is 31.4 Å². The molecule has 0 atom stereocenters. The maximum atomic E-state index is 13.7. The highest BCUT2D eigenvalue weighted by Gasteiger charge is 2.03. The molecule has 0 saturated heterocycles. The van der Waals surface area contributed by atoms with E-state index in [0.29, 0.717) is 11.3 Å². The highest BCUT2D eigenvalue weighted by molar-refractivity contribution is 5.52. The highest BCUT2D eigenvalue weighted by Crippen LogP contribution is 2.23. The number of halogens is 1. The van der Waals surface area contributed by atoms with Crippen LogP contribution in [0.3, 0.4) is 0 Å². The molecule has 0 bridgehead atoms. The van der Waals surface area contributed by atoms with Crippen LogP contribution in [0, 0.1) is 29.0 Å². The molecule has 2 rings (SSSR count). The number of aromatic hydroxyl groups is 1. The van der Waals surface area contributed by atoms with Crippen molar-refractivity contribution in [3.63, 3.8) is 0 Å². The number of rotatable bonds is 1. The van der Waals surface area contributed by atoms with E-state index in [1.54, 1.807) is 6.07 Å². The lowest BCUT2D eigenvalue weighted by Gasteiger charge is -2.03. The van der Waals surface area contributed by atoms with E-state index >= 15 is 0 Å². The predicted molar refractivity (Wildman–Crippen MR) is 71.8 cm³/mol. The normalized spacial score (nSPS) is 9.25. The van der Waals surface area contributed by atoms with Crippen LogP contribution in [-0.4, -0.2) is 12.2 Å². The third kappa shape index (κ3) is 2.88. The summed E-state index contributed by atoms with van der Waals surface area (Å²) in [6, 6.07) is 10.4. The minimum absolute atomic E-state index is 0.0666. The second kappa shape index (κ2) is 5.77. The molecule has 0 aromatic heterocycles. The first-order valence-electron chi connectivity index (χ1n) is 5.72. The Kier molecular flexibility index (Phi) is 3.88. The molecule has 0 heterocycles. The SMILES string of the molecule is COc1cc(O)ccc1C#Cc1ccc(C#N)cc1F. The minimum atomic E-state index is -0.547. The number of nitriles is 1. The number of methoxy groups -OCH3 is 1. The molecule has 20 heavy (non-hydrogen) atoms. The van der Waals surface area contributed by atoms with Gasteiger partial charge in [0, 0.05) is 6.07 Å². The fraction of sp³-hybridized carbons (Fsp3) is 0.0625. The summed E-state index contributed by atoms with van der Waals surface area (Å²) in [7, 11) is 1.46. The summed E-state index contributed by atoms with van der Waals surface area (Å²) in [4.78, 5) is 0. The van der Waals surface area contributed by atoms with Crippen LogP contribution in [0.4, 0.5) is 4.39 Å². The number of phenols is 1. The summed E-state index contributed by atoms with van der Waals surface area (Å²) < 4.78 is 18.7. The van der Waals surface area contributed by atoms with Gasteiger partial charge in [0.05, 0.1) is 29.9 Å². The van der Waals surface area contributed by atoms with E-state index in [2.05, 4.69) is 11.8 Å². The minimum Gasteiger partial charge on any atom is -0.508 e. The zero-order chi connectivity index (χ0) is 14.5. The van der Waals surface area contributed by atoms with Crippen molar-refractivity contribution < 1.29 is 14.2 Å². The van der Waals surface area contributed by atoms with Crippen molar-refractivity contribution >= 4 is 0 Å². The topological polar surface area (TPSA) is 53.2 Å². The number of hydrogen-bond donors (Lipinski definition) is 1. The van der Waals surface area contributed by atoms with Gasteiger partial charge in [-0.3, -0.25) is 0 Å². The van der Waals surface area contributed by atoms with Crippen LogP contribution in [0.5, 0.6) is 11.5 Å². The van der Waals surface area contributed by atoms with Gasteiger partial charge in [-0.05, 0) is 30.3 Å². The molecule has 0 aliphatic carbocycles. The molecule has 2 aromatic carbocycles. The van der Waals surface area contributed by atoms with E-state index in [9.17, 15) is 9.50 Å². The fourth-order valence-corrected chi connectivity index (χ4v) is 1.60. The first kappa shape index (κ1) is 13.5. The lowest BCUT2D eigenvalue weighted by molar-refractivity contribution is 0.406. The van der Waals surface area contributed by atoms with Gasteiger partial charge in [0.15, 0.2) is 0 Å². The standard InChI is InChI=1S/C16H10FNO2/c1-20-16-9-14(19)7-6-13(16)5-4-12-3-2-11(10-18)8-15(12)17/h2-3,6-9,19H,1H3. The summed E-state index contributed by atoms with van der Waals surface area (Å²) in [6.07, 6.45) is 0. The monoisotopic (exact) mass is 267 g/mol. The molecule has 3 nitrogen and oxygen atoms in total. The van der Waals surface area contributed by atoms with Crippen LogP contribution in [0.15, 0.2) is 36.4 Å². The second-order valence-corrected chi connectivity index (χ2v) is 3.94. The molecule has 0 unspecified atom stereocenters. The molecule has 1 N–H and O–H groups in total. The first-order chi connectivity index (χ1) is 9.63. The first-order valence-corrected chi connectivity index (χ1v) is 5.72. The Balaban J connectivity index is 2.39. The summed E-state index contributed by atoms with van der Waals surface area (Å²) in [6.45, 7) is 0. The predicted octanol–water partition coefficient (Wildman–Crippen LogP) is 2.81. The summed E-state index contributed by atoms with van der Waals surface area (Å²) >= 11 is 0. The Morgan fingerprint density at radius 2 is 1.80 bits per heavy atom. The molecule has 0 aliphatic heterocycles. The molecular formula is C16H10FNO2. The van der Waals surface area contributed by atoms with Crippen molar-refractivity contribution in [1.29, 1.82) is 5.26 Å². The molecule has 0 saturated carbocycles. The van der Waals surface area contributed by atoms with E-state index < -0.39 is 5.82 Å². The Labute approximate surface area is 115 Å². The van der Waals surface area contributed by atoms with Gasteiger partial charge < -0.3 is 9.84 Å². The number of hydrogen-bond acceptors (Lipinski definition) is 3. The van der Waals surface area contributed by atoms with Gasteiger partial charge in [-0.15, -0.1) is 0 Å². The largest absolute Gasteiger partial charge is 0.508 e. The molecule has 0 fully saturated rings. The molecular weight excluding hydrogens is 257 g/mol. The summed E-state index contributed by atoms with van der Waals surface area (Å²) in [5.41, 5.74) is 0.975. The average Bonchev–Trinajstić information content (AvgIpc) is 2.46. The van der Waals surface area contributed by atoms with Gasteiger partial charge in [0.25, 0.3) is 0 Å². The Hall–Kier alpha value is -2.98. The van der Waals surface area contributed by atoms with Crippen LogP contribution in [0.2, 0.25) is 0 Å². The highest BCUT2D eigenvalue weighted by atomic mass is 19.1. The smallest absolute Gasteiger partial charge is 0.140 e. The van der Waals surface area contributed by atoms with Gasteiger partial charge in [-0.2, -0.15) is 5.26 Å². The van der Waals surface area contributed by atoms with Crippen molar-refractivity contribution in [3.05, 3.63) is 58.9 Å². The zero-order valence-electron chi connectivity index (χ0n) is 10.6. The maximum Gasteiger partial charge on any atom is 0.140 e. The number of phenolic OH excluding ortho intramolecular Hbond substituents is 1. The molecule has 0 aliphatic rings. The molecule has 4 heteroatoms. The summed E-state index contributed by atoms with van der Waals surface area (Å²) in [5.74, 6) is 5.38. The third-order valence-corrected chi connectivity index (χ3v) is 2.62. The molecule has 0 spiro atoms. The summed E-state index contributed by atoms with van der Waals surface area (Å²) in [5, 5.41) is 18.0. The lowest BCUT2D eigenvalue weighted by atomic mass is 10.1. The Morgan fingerprint density at radius 1 is 1.10 bits per heavy atom. The molecule has 0 radical (unpaired) electrons. The Morgan fingerprint density at radius 3 is 2.45 bits per heavy atom. The van der Waals surface area contributed by atoms with Crippen LogP contribution in [0.25, 0.3) is 0 Å². The molecule has 0 amide bonds. The van der Waals surface area contributed by atoms with E-state index in [4.69, 9.17) is 10.00 Å². The Bertz CT molecular complexity index is 751. The van der Waals surface area contributed by atoms with Gasteiger partial charge in [-0.25, -0.2) is 4.39 Å². The quantitative estimate of drug-likeness (QED) is 0.808. The van der Waals surface area contributed by atoms with Crippen LogP contribution in [-0.2, 0) is 0 Å². The fourth-order valence-electron chi connectivity index (χ4n) is 1.60. The van der Waals surface area contributed by atoms with Gasteiger partial charge in [-0.1, -0.05) is 11.8 Å². The van der Waals surface area contributed by atoms with Gasteiger partial charge in [0.1, 0.15) is 17.3 Å². The van der Waals surface area contributed by atoms with E-state index in [1.807, 2.05) is 6.07 Å².